The molecule has 35 heavy (non-hydrogen) atoms. The molecular weight excluding hydrogens is 436 g/mol. The molecule has 6 heteroatoms. The van der Waals surface area contributed by atoms with E-state index in [1.807, 2.05) is 31.9 Å². The van der Waals surface area contributed by atoms with Gasteiger partial charge in [0.05, 0.1) is 0 Å². The summed E-state index contributed by atoms with van der Waals surface area (Å²) in [6.07, 6.45) is 5.42. The zero-order valence-electron chi connectivity index (χ0n) is 22.0. The molecule has 2 saturated heterocycles. The van der Waals surface area contributed by atoms with Crippen LogP contribution in [0.4, 0.5) is 10.6 Å². The molecule has 1 amide bonds. The van der Waals surface area contributed by atoms with Gasteiger partial charge in [0, 0.05) is 62.5 Å². The lowest BCUT2D eigenvalue weighted by Gasteiger charge is -2.48. The molecule has 0 radical (unpaired) electrons. The molecule has 1 spiro atoms. The number of amides is 1. The van der Waals surface area contributed by atoms with Crippen LogP contribution in [0.3, 0.4) is 0 Å². The number of carbonyl (C=O) groups excluding carboxylic acids is 1. The number of aromatic nitrogens is 1. The van der Waals surface area contributed by atoms with Crippen LogP contribution < -0.4 is 4.90 Å². The van der Waals surface area contributed by atoms with Crippen molar-refractivity contribution in [3.05, 3.63) is 47.7 Å². The van der Waals surface area contributed by atoms with Crippen molar-refractivity contribution in [2.24, 2.45) is 5.41 Å². The highest BCUT2D eigenvalue weighted by atomic mass is 16.6. The SMILES string of the molecule is Cc1cccc(C)c1-c1cccnc1N1CCN(C2CCC3(C2)CN(C(=O)OC(C)(C)C)C3)CC1. The van der Waals surface area contributed by atoms with Gasteiger partial charge in [-0.15, -0.1) is 0 Å². The van der Waals surface area contributed by atoms with Gasteiger partial charge < -0.3 is 14.5 Å². The number of hydrogen-bond donors (Lipinski definition) is 0. The number of likely N-dealkylation sites (tertiary alicyclic amines) is 1. The number of aryl methyl sites for hydroxylation is 2. The van der Waals surface area contributed by atoms with Crippen LogP contribution in [0.1, 0.15) is 51.2 Å². The molecule has 1 atom stereocenters. The van der Waals surface area contributed by atoms with Crippen molar-refractivity contribution in [3.8, 4) is 11.1 Å². The Morgan fingerprint density at radius 3 is 2.37 bits per heavy atom. The molecule has 2 aromatic rings. The quantitative estimate of drug-likeness (QED) is 0.603. The van der Waals surface area contributed by atoms with Gasteiger partial charge >= 0.3 is 6.09 Å². The fraction of sp³-hybridized carbons (Fsp3) is 0.586. The minimum atomic E-state index is -0.427. The molecule has 1 saturated carbocycles. The number of carbonyl (C=O) groups is 1. The van der Waals surface area contributed by atoms with Crippen LogP contribution in [-0.4, -0.2) is 71.8 Å². The number of pyridine rings is 1. The number of benzene rings is 1. The maximum Gasteiger partial charge on any atom is 0.410 e. The second kappa shape index (κ2) is 9.12. The molecule has 188 valence electrons. The molecule has 1 unspecified atom stereocenters. The largest absolute Gasteiger partial charge is 0.444 e. The fourth-order valence-electron chi connectivity index (χ4n) is 6.38. The second-order valence-electron chi connectivity index (χ2n) is 11.9. The van der Waals surface area contributed by atoms with Crippen LogP contribution in [0.5, 0.6) is 0 Å². The third-order valence-corrected chi connectivity index (χ3v) is 8.05. The summed E-state index contributed by atoms with van der Waals surface area (Å²) in [4.78, 5) is 24.3. The minimum absolute atomic E-state index is 0.157. The number of nitrogens with zero attached hydrogens (tertiary/aromatic N) is 4. The molecule has 1 aliphatic carbocycles. The molecule has 0 bridgehead atoms. The first-order valence-electron chi connectivity index (χ1n) is 13.1. The van der Waals surface area contributed by atoms with E-state index in [0.717, 1.165) is 45.1 Å². The number of hydrogen-bond acceptors (Lipinski definition) is 5. The van der Waals surface area contributed by atoms with Crippen LogP contribution in [0.25, 0.3) is 11.1 Å². The molecule has 1 aromatic heterocycles. The highest BCUT2D eigenvalue weighted by molar-refractivity contribution is 5.80. The van der Waals surface area contributed by atoms with E-state index in [9.17, 15) is 4.79 Å². The van der Waals surface area contributed by atoms with E-state index in [2.05, 4.69) is 54.0 Å². The summed E-state index contributed by atoms with van der Waals surface area (Å²) in [6.45, 7) is 16.0. The van der Waals surface area contributed by atoms with Gasteiger partial charge in [-0.2, -0.15) is 0 Å². The molecule has 6 nitrogen and oxygen atoms in total. The molecular formula is C29H40N4O2. The highest BCUT2D eigenvalue weighted by Gasteiger charge is 2.51. The molecule has 0 N–H and O–H groups in total. The summed E-state index contributed by atoms with van der Waals surface area (Å²) < 4.78 is 5.56. The average Bonchev–Trinajstić information content (AvgIpc) is 3.23. The number of rotatable bonds is 3. The summed E-state index contributed by atoms with van der Waals surface area (Å²) >= 11 is 0. The summed E-state index contributed by atoms with van der Waals surface area (Å²) in [5.74, 6) is 1.11. The van der Waals surface area contributed by atoms with E-state index >= 15 is 0 Å². The van der Waals surface area contributed by atoms with Crippen molar-refractivity contribution in [1.82, 2.24) is 14.8 Å². The summed E-state index contributed by atoms with van der Waals surface area (Å²) in [5, 5.41) is 0. The van der Waals surface area contributed by atoms with Gasteiger partial charge in [-0.1, -0.05) is 18.2 Å². The third kappa shape index (κ3) is 4.90. The molecule has 1 aromatic carbocycles. The van der Waals surface area contributed by atoms with E-state index in [1.165, 1.54) is 41.5 Å². The fourth-order valence-corrected chi connectivity index (χ4v) is 6.38. The summed E-state index contributed by atoms with van der Waals surface area (Å²) in [7, 11) is 0. The molecule has 3 heterocycles. The van der Waals surface area contributed by atoms with Crippen LogP contribution >= 0.6 is 0 Å². The van der Waals surface area contributed by atoms with Gasteiger partial charge in [0.15, 0.2) is 0 Å². The van der Waals surface area contributed by atoms with Gasteiger partial charge in [0.2, 0.25) is 0 Å². The monoisotopic (exact) mass is 476 g/mol. The van der Waals surface area contributed by atoms with Crippen molar-refractivity contribution in [1.29, 1.82) is 0 Å². The lowest BCUT2D eigenvalue weighted by Crippen LogP contribution is -2.59. The minimum Gasteiger partial charge on any atom is -0.444 e. The average molecular weight is 477 g/mol. The van der Waals surface area contributed by atoms with Crippen molar-refractivity contribution in [3.63, 3.8) is 0 Å². The van der Waals surface area contributed by atoms with E-state index in [-0.39, 0.29) is 6.09 Å². The van der Waals surface area contributed by atoms with Crippen LogP contribution in [-0.2, 0) is 4.74 Å². The first-order valence-corrected chi connectivity index (χ1v) is 13.1. The third-order valence-electron chi connectivity index (χ3n) is 8.05. The highest BCUT2D eigenvalue weighted by Crippen LogP contribution is 2.47. The Kier molecular flexibility index (Phi) is 6.28. The van der Waals surface area contributed by atoms with E-state index in [0.29, 0.717) is 11.5 Å². The number of piperazine rings is 1. The smallest absolute Gasteiger partial charge is 0.410 e. The molecule has 5 rings (SSSR count). The zero-order valence-corrected chi connectivity index (χ0v) is 22.0. The van der Waals surface area contributed by atoms with Crippen molar-refractivity contribution in [2.45, 2.75) is 65.5 Å². The second-order valence-corrected chi connectivity index (χ2v) is 11.9. The van der Waals surface area contributed by atoms with Crippen molar-refractivity contribution >= 4 is 11.9 Å². The maximum absolute atomic E-state index is 12.4. The van der Waals surface area contributed by atoms with Crippen LogP contribution in [0, 0.1) is 19.3 Å². The van der Waals surface area contributed by atoms with Gasteiger partial charge in [-0.3, -0.25) is 4.90 Å². The standard InChI is InChI=1S/C29H40N4O2/c1-21-8-6-9-22(2)25(21)24-10-7-13-30-26(24)32-16-14-31(15-17-32)23-11-12-29(18-23)19-33(20-29)27(34)35-28(3,4)5/h6-10,13,23H,11-12,14-20H2,1-5H3. The van der Waals surface area contributed by atoms with Crippen molar-refractivity contribution < 1.29 is 9.53 Å². The number of anilines is 1. The summed E-state index contributed by atoms with van der Waals surface area (Å²) in [5.41, 5.74) is 5.03. The number of ether oxygens (including phenoxy) is 1. The predicted octanol–water partition coefficient (Wildman–Crippen LogP) is 5.28. The normalized spacial score (nSPS) is 22.4. The van der Waals surface area contributed by atoms with Gasteiger partial charge in [-0.05, 0) is 82.7 Å². The Bertz CT molecular complexity index is 1060. The maximum atomic E-state index is 12.4. The Balaban J connectivity index is 1.19. The van der Waals surface area contributed by atoms with Crippen molar-refractivity contribution in [2.75, 3.05) is 44.2 Å². The Morgan fingerprint density at radius 1 is 1.03 bits per heavy atom. The summed E-state index contributed by atoms with van der Waals surface area (Å²) in [6, 6.07) is 11.4. The lowest BCUT2D eigenvalue weighted by molar-refractivity contribution is -0.0344. The lowest BCUT2D eigenvalue weighted by atomic mass is 9.78. The first kappa shape index (κ1) is 24.1. The van der Waals surface area contributed by atoms with Gasteiger partial charge in [-0.25, -0.2) is 9.78 Å². The molecule has 2 aliphatic heterocycles. The van der Waals surface area contributed by atoms with E-state index < -0.39 is 5.60 Å². The Hall–Kier alpha value is -2.60. The van der Waals surface area contributed by atoms with E-state index in [1.54, 1.807) is 0 Å². The Morgan fingerprint density at radius 2 is 1.71 bits per heavy atom. The van der Waals surface area contributed by atoms with Crippen LogP contribution in [0.2, 0.25) is 0 Å². The van der Waals surface area contributed by atoms with Gasteiger partial charge in [0.1, 0.15) is 11.4 Å². The van der Waals surface area contributed by atoms with Crippen LogP contribution in [0.15, 0.2) is 36.5 Å². The molecule has 3 aliphatic rings. The van der Waals surface area contributed by atoms with Gasteiger partial charge in [0.25, 0.3) is 0 Å². The first-order chi connectivity index (χ1) is 16.6. The molecule has 3 fully saturated rings. The van der Waals surface area contributed by atoms with E-state index in [4.69, 9.17) is 9.72 Å². The Labute approximate surface area is 210 Å². The predicted molar refractivity (Wildman–Crippen MR) is 141 cm³/mol. The topological polar surface area (TPSA) is 48.9 Å². The zero-order chi connectivity index (χ0) is 24.8.